The minimum absolute atomic E-state index is 0.308. The molecule has 0 heterocycles. The van der Waals surface area contributed by atoms with Gasteiger partial charge >= 0.3 is 0 Å². The Morgan fingerprint density at radius 2 is 1.03 bits per heavy atom. The van der Waals surface area contributed by atoms with Crippen molar-refractivity contribution in [1.82, 2.24) is 0 Å². The Balaban J connectivity index is 1.45. The molecule has 0 saturated carbocycles. The lowest BCUT2D eigenvalue weighted by Gasteiger charge is -2.32. The number of hydrogen-bond donors (Lipinski definition) is 0. The van der Waals surface area contributed by atoms with Gasteiger partial charge in [-0.05, 0) is 53.8 Å². The van der Waals surface area contributed by atoms with Crippen molar-refractivity contribution in [3.05, 3.63) is 181 Å². The summed E-state index contributed by atoms with van der Waals surface area (Å²) in [5, 5.41) is 5.68. The van der Waals surface area contributed by atoms with Crippen LogP contribution in [0.5, 0.6) is 0 Å². The molecule has 0 nitrogen and oxygen atoms in total. The van der Waals surface area contributed by atoms with Crippen molar-refractivity contribution < 1.29 is 0 Å². The quantitative estimate of drug-likeness (QED) is 0.210. The standard InChI is InChI=1S/C37H32P2/c1-29(38(30-17-6-2-7-18-30)31-19-8-3-9-20-31)34-26-16-27-35(34)36-25-14-15-28-37(36)39(32-21-10-4-11-22-32)33-23-12-5-13-24-33/h2-29,37H,1H3/b36-35+/t29-,37?/m0/s1. The van der Waals surface area contributed by atoms with Gasteiger partial charge < -0.3 is 0 Å². The van der Waals surface area contributed by atoms with E-state index >= 15 is 0 Å². The lowest BCUT2D eigenvalue weighted by atomic mass is 9.95. The third-order valence-electron chi connectivity index (χ3n) is 7.41. The molecule has 190 valence electrons. The molecule has 2 aliphatic carbocycles. The molecular weight excluding hydrogens is 506 g/mol. The first-order valence-electron chi connectivity index (χ1n) is 13.6. The maximum Gasteiger partial charge on any atom is 0.0310 e. The van der Waals surface area contributed by atoms with Gasteiger partial charge in [-0.1, -0.05) is 171 Å². The summed E-state index contributed by atoms with van der Waals surface area (Å²) in [6.45, 7) is 2.43. The summed E-state index contributed by atoms with van der Waals surface area (Å²) < 4.78 is 0. The average molecular weight is 539 g/mol. The maximum absolute atomic E-state index is 2.43. The predicted octanol–water partition coefficient (Wildman–Crippen LogP) is 7.93. The monoisotopic (exact) mass is 538 g/mol. The first-order chi connectivity index (χ1) is 19.3. The molecule has 0 fully saturated rings. The Hall–Kier alpha value is -3.56. The minimum Gasteiger partial charge on any atom is -0.0721 e. The van der Waals surface area contributed by atoms with E-state index in [4.69, 9.17) is 0 Å². The van der Waals surface area contributed by atoms with Gasteiger partial charge in [-0.3, -0.25) is 0 Å². The molecule has 4 aromatic carbocycles. The number of rotatable bonds is 7. The smallest absolute Gasteiger partial charge is 0.0310 e. The molecule has 0 saturated heterocycles. The van der Waals surface area contributed by atoms with Crippen molar-refractivity contribution in [2.45, 2.75) is 18.2 Å². The van der Waals surface area contributed by atoms with Gasteiger partial charge in [0.2, 0.25) is 0 Å². The van der Waals surface area contributed by atoms with Crippen molar-refractivity contribution in [2.24, 2.45) is 0 Å². The van der Waals surface area contributed by atoms with Gasteiger partial charge in [-0.2, -0.15) is 0 Å². The molecule has 1 unspecified atom stereocenters. The Bertz CT molecular complexity index is 1470. The fourth-order valence-electron chi connectivity index (χ4n) is 5.63. The fourth-order valence-corrected chi connectivity index (χ4v) is 11.0. The van der Waals surface area contributed by atoms with E-state index in [0.717, 1.165) is 0 Å². The molecule has 0 aliphatic heterocycles. The predicted molar refractivity (Wildman–Crippen MR) is 174 cm³/mol. The molecule has 4 aromatic rings. The van der Waals surface area contributed by atoms with Crippen molar-refractivity contribution in [3.8, 4) is 0 Å². The molecule has 2 aliphatic rings. The number of allylic oxidation sites excluding steroid dienone is 10. The van der Waals surface area contributed by atoms with Gasteiger partial charge in [0.25, 0.3) is 0 Å². The molecule has 6 rings (SSSR count). The Morgan fingerprint density at radius 3 is 1.54 bits per heavy atom. The van der Waals surface area contributed by atoms with Crippen molar-refractivity contribution in [2.75, 3.05) is 0 Å². The van der Waals surface area contributed by atoms with Crippen LogP contribution < -0.4 is 21.2 Å². The van der Waals surface area contributed by atoms with E-state index in [2.05, 4.69) is 171 Å². The Morgan fingerprint density at radius 1 is 0.538 bits per heavy atom. The van der Waals surface area contributed by atoms with Crippen molar-refractivity contribution in [3.63, 3.8) is 0 Å². The van der Waals surface area contributed by atoms with E-state index in [1.54, 1.807) is 0 Å². The summed E-state index contributed by atoms with van der Waals surface area (Å²) in [5.41, 5.74) is 4.96. The van der Waals surface area contributed by atoms with E-state index in [0.29, 0.717) is 11.3 Å². The highest BCUT2D eigenvalue weighted by atomic mass is 31.1. The van der Waals surface area contributed by atoms with Crippen LogP contribution in [0.2, 0.25) is 0 Å². The van der Waals surface area contributed by atoms with Crippen LogP contribution in [-0.4, -0.2) is 11.3 Å². The minimum atomic E-state index is -0.618. The summed E-state index contributed by atoms with van der Waals surface area (Å²) >= 11 is 0. The Labute approximate surface area is 235 Å². The van der Waals surface area contributed by atoms with Crippen LogP contribution in [0.15, 0.2) is 181 Å². The van der Waals surface area contributed by atoms with Crippen LogP contribution in [0, 0.1) is 0 Å². The second-order valence-corrected chi connectivity index (χ2v) is 14.7. The van der Waals surface area contributed by atoms with Gasteiger partial charge in [-0.25, -0.2) is 0 Å². The summed E-state index contributed by atoms with van der Waals surface area (Å²) in [6, 6.07) is 44.4. The first kappa shape index (κ1) is 25.7. The molecule has 0 radical (unpaired) electrons. The average Bonchev–Trinajstić information content (AvgIpc) is 3.50. The normalized spacial score (nSPS) is 19.1. The zero-order chi connectivity index (χ0) is 26.4. The van der Waals surface area contributed by atoms with E-state index < -0.39 is 15.8 Å². The lowest BCUT2D eigenvalue weighted by Crippen LogP contribution is -2.25. The van der Waals surface area contributed by atoms with Gasteiger partial charge in [0.1, 0.15) is 0 Å². The van der Waals surface area contributed by atoms with Gasteiger partial charge in [0.05, 0.1) is 0 Å². The number of hydrogen-bond acceptors (Lipinski definition) is 0. The van der Waals surface area contributed by atoms with Crippen molar-refractivity contribution >= 4 is 37.1 Å². The molecule has 0 N–H and O–H groups in total. The molecular formula is C37H32P2. The van der Waals surface area contributed by atoms with Crippen molar-refractivity contribution in [1.29, 1.82) is 0 Å². The molecule has 0 bridgehead atoms. The fraction of sp³-hybridized carbons (Fsp3) is 0.0811. The maximum atomic E-state index is 2.43. The SMILES string of the molecule is C[C@@H](C1=CC=C/C1=C1/C=CC=CC1P(c1ccccc1)c1ccccc1)P(c1ccccc1)c1ccccc1. The van der Waals surface area contributed by atoms with Crippen LogP contribution in [0.3, 0.4) is 0 Å². The summed E-state index contributed by atoms with van der Waals surface area (Å²) in [4.78, 5) is 0. The molecule has 39 heavy (non-hydrogen) atoms. The zero-order valence-electron chi connectivity index (χ0n) is 22.1. The third kappa shape index (κ3) is 5.46. The van der Waals surface area contributed by atoms with Crippen LogP contribution in [0.4, 0.5) is 0 Å². The van der Waals surface area contributed by atoms with Crippen LogP contribution in [-0.2, 0) is 0 Å². The zero-order valence-corrected chi connectivity index (χ0v) is 23.9. The Kier molecular flexibility index (Phi) is 7.97. The highest BCUT2D eigenvalue weighted by molar-refractivity contribution is 7.74. The van der Waals surface area contributed by atoms with E-state index in [1.807, 2.05) is 0 Å². The lowest BCUT2D eigenvalue weighted by molar-refractivity contribution is 1.12. The molecule has 2 atom stereocenters. The highest BCUT2D eigenvalue weighted by Crippen LogP contribution is 2.50. The summed E-state index contributed by atoms with van der Waals surface area (Å²) in [5.74, 6) is 0. The number of benzene rings is 4. The van der Waals surface area contributed by atoms with E-state index in [-0.39, 0.29) is 0 Å². The van der Waals surface area contributed by atoms with Crippen LogP contribution in [0.1, 0.15) is 6.92 Å². The second-order valence-electron chi connectivity index (χ2n) is 9.80. The molecule has 2 heteroatoms. The van der Waals surface area contributed by atoms with Gasteiger partial charge in [0, 0.05) is 11.3 Å². The van der Waals surface area contributed by atoms with E-state index in [1.165, 1.54) is 37.9 Å². The molecule has 0 aromatic heterocycles. The largest absolute Gasteiger partial charge is 0.0721 e. The summed E-state index contributed by atoms with van der Waals surface area (Å²) in [6.07, 6.45) is 16.2. The third-order valence-corrected chi connectivity index (χ3v) is 12.9. The summed E-state index contributed by atoms with van der Waals surface area (Å²) in [7, 11) is -1.18. The molecule has 0 spiro atoms. The second kappa shape index (κ2) is 12.1. The molecule has 0 amide bonds. The first-order valence-corrected chi connectivity index (χ1v) is 16.4. The van der Waals surface area contributed by atoms with Crippen LogP contribution in [0.25, 0.3) is 0 Å². The van der Waals surface area contributed by atoms with Gasteiger partial charge in [0.15, 0.2) is 0 Å². The van der Waals surface area contributed by atoms with E-state index in [9.17, 15) is 0 Å². The highest BCUT2D eigenvalue weighted by Gasteiger charge is 2.32. The topological polar surface area (TPSA) is 0 Å². The van der Waals surface area contributed by atoms with Crippen LogP contribution >= 0.6 is 15.8 Å². The van der Waals surface area contributed by atoms with Gasteiger partial charge in [-0.15, -0.1) is 0 Å².